The molecular formula is C25H29ClN4. The molecule has 1 aliphatic rings. The van der Waals surface area contributed by atoms with Crippen LogP contribution in [0.15, 0.2) is 42.6 Å². The molecule has 2 aromatic carbocycles. The van der Waals surface area contributed by atoms with Crippen molar-refractivity contribution in [2.24, 2.45) is 5.92 Å². The minimum Gasteiger partial charge on any atom is -0.347 e. The van der Waals surface area contributed by atoms with Crippen LogP contribution in [0.1, 0.15) is 31.2 Å². The van der Waals surface area contributed by atoms with Crippen LogP contribution in [0.25, 0.3) is 33.3 Å². The van der Waals surface area contributed by atoms with E-state index in [-0.39, 0.29) is 0 Å². The van der Waals surface area contributed by atoms with E-state index >= 15 is 0 Å². The highest BCUT2D eigenvalue weighted by molar-refractivity contribution is 6.31. The van der Waals surface area contributed by atoms with Crippen LogP contribution < -0.4 is 0 Å². The number of benzene rings is 2. The number of hydrogen-bond acceptors (Lipinski definition) is 2. The summed E-state index contributed by atoms with van der Waals surface area (Å²) in [6.45, 7) is 5.80. The van der Waals surface area contributed by atoms with Crippen LogP contribution in [-0.4, -0.2) is 39.6 Å². The zero-order valence-corrected chi connectivity index (χ0v) is 18.5. The molecule has 0 radical (unpaired) electrons. The average Bonchev–Trinajstić information content (AvgIpc) is 3.34. The summed E-state index contributed by atoms with van der Waals surface area (Å²) >= 11 is 6.12. The summed E-state index contributed by atoms with van der Waals surface area (Å²) in [5.74, 6) is 1.81. The van der Waals surface area contributed by atoms with E-state index in [9.17, 15) is 0 Å². The van der Waals surface area contributed by atoms with Gasteiger partial charge < -0.3 is 14.5 Å². The second kappa shape index (κ2) is 8.09. The van der Waals surface area contributed by atoms with Crippen molar-refractivity contribution in [1.82, 2.24) is 19.4 Å². The number of H-pyrrole nitrogens is 1. The fourth-order valence-electron chi connectivity index (χ4n) is 4.88. The number of nitrogens with one attached hydrogen (secondary N) is 1. The molecule has 0 amide bonds. The first-order valence-electron chi connectivity index (χ1n) is 11.0. The third-order valence-corrected chi connectivity index (χ3v) is 7.01. The van der Waals surface area contributed by atoms with Gasteiger partial charge in [0, 0.05) is 34.2 Å². The molecule has 0 unspecified atom stereocenters. The Kier molecular flexibility index (Phi) is 5.30. The van der Waals surface area contributed by atoms with Crippen molar-refractivity contribution < 1.29 is 0 Å². The predicted octanol–water partition coefficient (Wildman–Crippen LogP) is 6.27. The van der Waals surface area contributed by atoms with Gasteiger partial charge in [0.2, 0.25) is 0 Å². The van der Waals surface area contributed by atoms with Gasteiger partial charge in [-0.2, -0.15) is 0 Å². The van der Waals surface area contributed by atoms with Gasteiger partial charge >= 0.3 is 0 Å². The number of aryl methyl sites for hydroxylation is 2. The van der Waals surface area contributed by atoms with E-state index in [0.717, 1.165) is 34.9 Å². The molecule has 4 aromatic rings. The van der Waals surface area contributed by atoms with E-state index in [4.69, 9.17) is 16.6 Å². The number of aromatic amines is 1. The lowest BCUT2D eigenvalue weighted by Gasteiger charge is -2.28. The number of rotatable bonds is 5. The summed E-state index contributed by atoms with van der Waals surface area (Å²) in [6.07, 6.45) is 7.55. The fraction of sp³-hybridized carbons (Fsp3) is 0.400. The van der Waals surface area contributed by atoms with Gasteiger partial charge in [-0.15, -0.1) is 0 Å². The first-order valence-corrected chi connectivity index (χ1v) is 11.4. The third-order valence-electron chi connectivity index (χ3n) is 6.77. The Morgan fingerprint density at radius 3 is 2.80 bits per heavy atom. The van der Waals surface area contributed by atoms with Crippen LogP contribution in [-0.2, 0) is 6.54 Å². The minimum atomic E-state index is 0.713. The predicted molar refractivity (Wildman–Crippen MR) is 126 cm³/mol. The topological polar surface area (TPSA) is 36.9 Å². The minimum absolute atomic E-state index is 0.713. The van der Waals surface area contributed by atoms with Crippen LogP contribution in [0.2, 0.25) is 5.02 Å². The van der Waals surface area contributed by atoms with Crippen LogP contribution in [0.4, 0.5) is 0 Å². The molecule has 156 valence electrons. The SMILES string of the molecule is Cc1c(-c2nc3cc(Cl)ccc3[nH]2)ccc2c1ccn2CCCC1CCN(C)CC1. The van der Waals surface area contributed by atoms with Crippen molar-refractivity contribution in [2.45, 2.75) is 39.2 Å². The summed E-state index contributed by atoms with van der Waals surface area (Å²) in [5.41, 5.74) is 5.66. The second-order valence-corrected chi connectivity index (χ2v) is 9.25. The van der Waals surface area contributed by atoms with Crippen LogP contribution >= 0.6 is 11.6 Å². The number of aromatic nitrogens is 3. The summed E-state index contributed by atoms with van der Waals surface area (Å²) in [4.78, 5) is 10.7. The van der Waals surface area contributed by atoms with Crippen molar-refractivity contribution in [3.63, 3.8) is 0 Å². The molecule has 0 aliphatic carbocycles. The highest BCUT2D eigenvalue weighted by Crippen LogP contribution is 2.31. The maximum atomic E-state index is 6.12. The molecule has 1 fully saturated rings. The Morgan fingerprint density at radius 1 is 1.13 bits per heavy atom. The quantitative estimate of drug-likeness (QED) is 0.413. The fourth-order valence-corrected chi connectivity index (χ4v) is 5.05. The van der Waals surface area contributed by atoms with Crippen molar-refractivity contribution >= 4 is 33.5 Å². The first-order chi connectivity index (χ1) is 14.6. The van der Waals surface area contributed by atoms with Gasteiger partial charge in [0.05, 0.1) is 11.0 Å². The molecule has 0 spiro atoms. The Balaban J connectivity index is 1.35. The normalized spacial score (nSPS) is 16.1. The second-order valence-electron chi connectivity index (χ2n) is 8.82. The summed E-state index contributed by atoms with van der Waals surface area (Å²) in [7, 11) is 2.24. The zero-order valence-electron chi connectivity index (χ0n) is 17.8. The van der Waals surface area contributed by atoms with E-state index in [1.807, 2.05) is 18.2 Å². The summed E-state index contributed by atoms with van der Waals surface area (Å²) < 4.78 is 2.42. The standard InChI is InChI=1S/C25H29ClN4/c1-17-20-11-15-30(12-3-4-18-9-13-29(2)14-10-18)24(20)8-6-21(17)25-27-22-7-5-19(26)16-23(22)28-25/h5-8,11,15-16,18H,3-4,9-10,12-14H2,1-2H3,(H,27,28). The Hall–Kier alpha value is -2.30. The van der Waals surface area contributed by atoms with Gasteiger partial charge in [0.1, 0.15) is 5.82 Å². The van der Waals surface area contributed by atoms with Gasteiger partial charge in [-0.05, 0) is 101 Å². The van der Waals surface area contributed by atoms with Gasteiger partial charge in [0.15, 0.2) is 0 Å². The molecule has 5 rings (SSSR count). The molecule has 0 saturated carbocycles. The number of imidazole rings is 1. The van der Waals surface area contributed by atoms with Gasteiger partial charge in [0.25, 0.3) is 0 Å². The number of halogens is 1. The van der Waals surface area contributed by atoms with Crippen molar-refractivity contribution in [2.75, 3.05) is 20.1 Å². The number of piperidine rings is 1. The Labute approximate surface area is 182 Å². The molecule has 2 aromatic heterocycles. The van der Waals surface area contributed by atoms with E-state index in [0.29, 0.717) is 5.02 Å². The number of hydrogen-bond donors (Lipinski definition) is 1. The van der Waals surface area contributed by atoms with E-state index in [1.54, 1.807) is 0 Å². The van der Waals surface area contributed by atoms with Crippen LogP contribution in [0, 0.1) is 12.8 Å². The molecule has 30 heavy (non-hydrogen) atoms. The van der Waals surface area contributed by atoms with Gasteiger partial charge in [-0.3, -0.25) is 0 Å². The number of nitrogens with zero attached hydrogens (tertiary/aromatic N) is 3. The molecule has 4 nitrogen and oxygen atoms in total. The molecule has 3 heterocycles. The molecule has 0 bridgehead atoms. The summed E-state index contributed by atoms with van der Waals surface area (Å²) in [5, 5.41) is 2.02. The lowest BCUT2D eigenvalue weighted by Crippen LogP contribution is -2.30. The van der Waals surface area contributed by atoms with E-state index < -0.39 is 0 Å². The number of likely N-dealkylation sites (tertiary alicyclic amines) is 1. The smallest absolute Gasteiger partial charge is 0.138 e. The molecule has 1 N–H and O–H groups in total. The van der Waals surface area contributed by atoms with Crippen molar-refractivity contribution in [3.05, 3.63) is 53.2 Å². The highest BCUT2D eigenvalue weighted by atomic mass is 35.5. The average molecular weight is 421 g/mol. The van der Waals surface area contributed by atoms with E-state index in [1.165, 1.54) is 55.2 Å². The molecule has 1 aliphatic heterocycles. The lowest BCUT2D eigenvalue weighted by molar-refractivity contribution is 0.209. The third kappa shape index (κ3) is 3.75. The zero-order chi connectivity index (χ0) is 20.7. The lowest BCUT2D eigenvalue weighted by atomic mass is 9.92. The number of fused-ring (bicyclic) bond motifs is 2. The van der Waals surface area contributed by atoms with Gasteiger partial charge in [-0.25, -0.2) is 4.98 Å². The van der Waals surface area contributed by atoms with E-state index in [2.05, 4.69) is 52.8 Å². The molecule has 5 heteroatoms. The molecule has 1 saturated heterocycles. The van der Waals surface area contributed by atoms with Gasteiger partial charge in [-0.1, -0.05) is 11.6 Å². The monoisotopic (exact) mass is 420 g/mol. The molecular weight excluding hydrogens is 392 g/mol. The molecule has 0 atom stereocenters. The van der Waals surface area contributed by atoms with Crippen LogP contribution in [0.5, 0.6) is 0 Å². The largest absolute Gasteiger partial charge is 0.347 e. The van der Waals surface area contributed by atoms with Crippen molar-refractivity contribution in [3.8, 4) is 11.4 Å². The Bertz CT molecular complexity index is 1180. The first kappa shape index (κ1) is 19.7. The highest BCUT2D eigenvalue weighted by Gasteiger charge is 2.17. The van der Waals surface area contributed by atoms with Crippen molar-refractivity contribution in [1.29, 1.82) is 0 Å². The Morgan fingerprint density at radius 2 is 1.97 bits per heavy atom. The maximum absolute atomic E-state index is 6.12. The maximum Gasteiger partial charge on any atom is 0.138 e. The summed E-state index contributed by atoms with van der Waals surface area (Å²) in [6, 6.07) is 12.5. The van der Waals surface area contributed by atoms with Crippen LogP contribution in [0.3, 0.4) is 0 Å².